The van der Waals surface area contributed by atoms with Gasteiger partial charge in [-0.2, -0.15) is 0 Å². The van der Waals surface area contributed by atoms with Crippen molar-refractivity contribution < 1.29 is 8.42 Å². The van der Waals surface area contributed by atoms with Crippen molar-refractivity contribution in [1.29, 1.82) is 0 Å². The van der Waals surface area contributed by atoms with E-state index in [1.807, 2.05) is 24.3 Å². The molecule has 0 radical (unpaired) electrons. The van der Waals surface area contributed by atoms with Gasteiger partial charge in [0.1, 0.15) is 4.90 Å². The Morgan fingerprint density at radius 3 is 2.43 bits per heavy atom. The highest BCUT2D eigenvalue weighted by Gasteiger charge is 2.24. The summed E-state index contributed by atoms with van der Waals surface area (Å²) in [6.07, 6.45) is 3.84. The highest BCUT2D eigenvalue weighted by Crippen LogP contribution is 2.26. The van der Waals surface area contributed by atoms with Crippen molar-refractivity contribution in [1.82, 2.24) is 4.98 Å². The summed E-state index contributed by atoms with van der Waals surface area (Å²) in [6.45, 7) is 2.06. The van der Waals surface area contributed by atoms with Gasteiger partial charge in [0.25, 0.3) is 10.0 Å². The van der Waals surface area contributed by atoms with Crippen molar-refractivity contribution in [2.75, 3.05) is 23.7 Å². The number of aromatic nitrogens is 1. The van der Waals surface area contributed by atoms with E-state index in [1.54, 1.807) is 26.4 Å². The van der Waals surface area contributed by atoms with Gasteiger partial charge in [-0.25, -0.2) is 8.42 Å². The molecule has 0 aliphatic carbocycles. The zero-order chi connectivity index (χ0) is 15.5. The van der Waals surface area contributed by atoms with Crippen LogP contribution in [0.4, 0.5) is 11.4 Å². The van der Waals surface area contributed by atoms with Gasteiger partial charge in [-0.05, 0) is 30.2 Å². The molecule has 1 aromatic carbocycles. The Morgan fingerprint density at radius 2 is 1.86 bits per heavy atom. The lowest BCUT2D eigenvalue weighted by Crippen LogP contribution is -2.27. The zero-order valence-electron chi connectivity index (χ0n) is 12.4. The van der Waals surface area contributed by atoms with E-state index in [1.165, 1.54) is 16.1 Å². The molecule has 1 heterocycles. The minimum absolute atomic E-state index is 0.162. The van der Waals surface area contributed by atoms with Crippen molar-refractivity contribution in [2.24, 2.45) is 0 Å². The molecule has 0 aliphatic rings. The molecule has 0 spiro atoms. The van der Waals surface area contributed by atoms with Gasteiger partial charge in [-0.15, -0.1) is 0 Å². The molecule has 112 valence electrons. The normalized spacial score (nSPS) is 11.2. The number of nitrogens with one attached hydrogen (secondary N) is 1. The third kappa shape index (κ3) is 3.00. The third-order valence-corrected chi connectivity index (χ3v) is 5.21. The lowest BCUT2D eigenvalue weighted by molar-refractivity contribution is 0.594. The first-order valence-electron chi connectivity index (χ1n) is 6.70. The van der Waals surface area contributed by atoms with E-state index < -0.39 is 10.0 Å². The molecule has 6 heteroatoms. The predicted octanol–water partition coefficient (Wildman–Crippen LogP) is 2.51. The smallest absolute Gasteiger partial charge is 0.267 e. The minimum Gasteiger partial charge on any atom is -0.387 e. The number of rotatable bonds is 5. The first-order chi connectivity index (χ1) is 10.0. The molecule has 2 rings (SSSR count). The maximum atomic E-state index is 12.7. The average Bonchev–Trinajstić information content (AvgIpc) is 2.54. The zero-order valence-corrected chi connectivity index (χ0v) is 13.2. The summed E-state index contributed by atoms with van der Waals surface area (Å²) in [6, 6.07) is 9.13. The van der Waals surface area contributed by atoms with E-state index in [4.69, 9.17) is 0 Å². The van der Waals surface area contributed by atoms with E-state index in [0.29, 0.717) is 11.4 Å². The Labute approximate surface area is 125 Å². The number of hydrogen-bond donors (Lipinski definition) is 1. The molecule has 0 saturated carbocycles. The maximum absolute atomic E-state index is 12.7. The fraction of sp³-hybridized carbons (Fsp3) is 0.267. The topological polar surface area (TPSA) is 62.3 Å². The van der Waals surface area contributed by atoms with E-state index >= 15 is 0 Å². The predicted molar refractivity (Wildman–Crippen MR) is 85.2 cm³/mol. The Balaban J connectivity index is 2.42. The second-order valence-electron chi connectivity index (χ2n) is 4.61. The van der Waals surface area contributed by atoms with Gasteiger partial charge >= 0.3 is 0 Å². The minimum atomic E-state index is -3.65. The van der Waals surface area contributed by atoms with Crippen LogP contribution in [0.25, 0.3) is 0 Å². The first kappa shape index (κ1) is 15.3. The summed E-state index contributed by atoms with van der Waals surface area (Å²) in [5.74, 6) is 0. The quantitative estimate of drug-likeness (QED) is 0.922. The summed E-state index contributed by atoms with van der Waals surface area (Å²) in [4.78, 5) is 4.08. The summed E-state index contributed by atoms with van der Waals surface area (Å²) in [7, 11) is -0.417. The molecule has 2 aromatic rings. The van der Waals surface area contributed by atoms with E-state index in [9.17, 15) is 8.42 Å². The van der Waals surface area contributed by atoms with Crippen LogP contribution in [-0.4, -0.2) is 27.5 Å². The summed E-state index contributed by atoms with van der Waals surface area (Å²) >= 11 is 0. The fourth-order valence-electron chi connectivity index (χ4n) is 2.02. The molecule has 0 atom stereocenters. The SMILES string of the molecule is CCc1ccc(N(C)S(=O)(=O)c2cnccc2NC)cc1. The summed E-state index contributed by atoms with van der Waals surface area (Å²) in [5.41, 5.74) is 2.32. The van der Waals surface area contributed by atoms with Gasteiger partial charge in [0, 0.05) is 26.5 Å². The van der Waals surface area contributed by atoms with Crippen LogP contribution in [-0.2, 0) is 16.4 Å². The number of sulfonamides is 1. The van der Waals surface area contributed by atoms with Crippen LogP contribution in [0, 0.1) is 0 Å². The second-order valence-corrected chi connectivity index (χ2v) is 6.55. The molecule has 1 N–H and O–H groups in total. The van der Waals surface area contributed by atoms with E-state index in [2.05, 4.69) is 17.2 Å². The second kappa shape index (κ2) is 6.13. The highest BCUT2D eigenvalue weighted by atomic mass is 32.2. The van der Waals surface area contributed by atoms with Gasteiger partial charge in [0.2, 0.25) is 0 Å². The Kier molecular flexibility index (Phi) is 4.47. The largest absolute Gasteiger partial charge is 0.387 e. The number of nitrogens with zero attached hydrogens (tertiary/aromatic N) is 2. The van der Waals surface area contributed by atoms with Crippen LogP contribution in [0.2, 0.25) is 0 Å². The number of anilines is 2. The molecule has 1 aromatic heterocycles. The van der Waals surface area contributed by atoms with Crippen LogP contribution in [0.5, 0.6) is 0 Å². The molecule has 0 fully saturated rings. The van der Waals surface area contributed by atoms with Crippen LogP contribution in [0.15, 0.2) is 47.6 Å². The van der Waals surface area contributed by atoms with Gasteiger partial charge in [0.15, 0.2) is 0 Å². The first-order valence-corrected chi connectivity index (χ1v) is 8.14. The Hall–Kier alpha value is -2.08. The summed E-state index contributed by atoms with van der Waals surface area (Å²) in [5, 5.41) is 2.88. The van der Waals surface area contributed by atoms with Crippen molar-refractivity contribution in [3.8, 4) is 0 Å². The molecular formula is C15H19N3O2S. The molecule has 5 nitrogen and oxygen atoms in total. The van der Waals surface area contributed by atoms with E-state index in [0.717, 1.165) is 6.42 Å². The van der Waals surface area contributed by atoms with Crippen LogP contribution in [0.1, 0.15) is 12.5 Å². The lowest BCUT2D eigenvalue weighted by Gasteiger charge is -2.21. The van der Waals surface area contributed by atoms with Crippen molar-refractivity contribution in [2.45, 2.75) is 18.2 Å². The lowest BCUT2D eigenvalue weighted by atomic mass is 10.1. The molecule has 0 unspecified atom stereocenters. The van der Waals surface area contributed by atoms with Gasteiger partial charge < -0.3 is 5.32 Å². The van der Waals surface area contributed by atoms with Gasteiger partial charge in [0.05, 0.1) is 11.4 Å². The Bertz CT molecular complexity index is 712. The van der Waals surface area contributed by atoms with E-state index in [-0.39, 0.29) is 4.90 Å². The van der Waals surface area contributed by atoms with Crippen LogP contribution < -0.4 is 9.62 Å². The van der Waals surface area contributed by atoms with Crippen molar-refractivity contribution >= 4 is 21.4 Å². The summed E-state index contributed by atoms with van der Waals surface area (Å²) < 4.78 is 26.7. The molecule has 0 bridgehead atoms. The Morgan fingerprint density at radius 1 is 1.19 bits per heavy atom. The highest BCUT2D eigenvalue weighted by molar-refractivity contribution is 7.93. The maximum Gasteiger partial charge on any atom is 0.267 e. The number of benzene rings is 1. The average molecular weight is 305 g/mol. The third-order valence-electron chi connectivity index (χ3n) is 3.40. The van der Waals surface area contributed by atoms with Crippen molar-refractivity contribution in [3.05, 3.63) is 48.3 Å². The van der Waals surface area contributed by atoms with Gasteiger partial charge in [-0.1, -0.05) is 19.1 Å². The standard InChI is InChI=1S/C15H19N3O2S/c1-4-12-5-7-13(8-6-12)18(3)21(19,20)15-11-17-10-9-14(15)16-2/h5-11H,4H2,1-3H3,(H,16,17). The fourth-order valence-corrected chi connectivity index (χ4v) is 3.36. The number of hydrogen-bond acceptors (Lipinski definition) is 4. The van der Waals surface area contributed by atoms with Crippen molar-refractivity contribution in [3.63, 3.8) is 0 Å². The molecule has 21 heavy (non-hydrogen) atoms. The molecule has 0 aliphatic heterocycles. The van der Waals surface area contributed by atoms with Crippen LogP contribution >= 0.6 is 0 Å². The number of aryl methyl sites for hydroxylation is 1. The van der Waals surface area contributed by atoms with Gasteiger partial charge in [-0.3, -0.25) is 9.29 Å². The van der Waals surface area contributed by atoms with Crippen LogP contribution in [0.3, 0.4) is 0 Å². The molecule has 0 saturated heterocycles. The monoisotopic (exact) mass is 305 g/mol. The molecule has 0 amide bonds. The molecular weight excluding hydrogens is 286 g/mol. The number of pyridine rings is 1.